The van der Waals surface area contributed by atoms with E-state index in [0.717, 1.165) is 6.07 Å². The van der Waals surface area contributed by atoms with Crippen molar-refractivity contribution < 1.29 is 66.2 Å². The van der Waals surface area contributed by atoms with E-state index in [2.05, 4.69) is 0 Å². The molecule has 1 aliphatic carbocycles. The summed E-state index contributed by atoms with van der Waals surface area (Å²) in [5.74, 6) is -2.12. The lowest BCUT2D eigenvalue weighted by molar-refractivity contribution is -0.137. The Hall–Kier alpha value is -3.96. The molecule has 2 aliphatic heterocycles. The van der Waals surface area contributed by atoms with E-state index >= 15 is 0 Å². The number of fused-ring (bicyclic) bond motifs is 2. The summed E-state index contributed by atoms with van der Waals surface area (Å²) in [5.41, 5.74) is 0.987. The molecule has 0 saturated heterocycles. The van der Waals surface area contributed by atoms with Crippen molar-refractivity contribution in [1.29, 1.82) is 0 Å². The second-order valence-corrected chi connectivity index (χ2v) is 21.6. The first-order valence-electron chi connectivity index (χ1n) is 18.5. The second kappa shape index (κ2) is 18.3. The zero-order valence-corrected chi connectivity index (χ0v) is 36.2. The van der Waals surface area contributed by atoms with Crippen molar-refractivity contribution in [2.24, 2.45) is 0 Å². The van der Waals surface area contributed by atoms with Crippen LogP contribution < -0.4 is 14.8 Å². The number of hydrogen-bond donors (Lipinski definition) is 1. The highest BCUT2D eigenvalue weighted by Gasteiger charge is 2.43. The average Bonchev–Trinajstić information content (AvgIpc) is 3.30. The second-order valence-electron chi connectivity index (χ2n) is 15.6. The van der Waals surface area contributed by atoms with E-state index in [1.165, 1.54) is 12.1 Å². The van der Waals surface area contributed by atoms with Crippen molar-refractivity contribution in [3.8, 4) is 11.3 Å². The maximum Gasteiger partial charge on any atom is 0.303 e. The molecule has 3 aliphatic rings. The molecule has 59 heavy (non-hydrogen) atoms. The van der Waals surface area contributed by atoms with Gasteiger partial charge < -0.3 is 32.6 Å². The number of nitrogens with zero attached hydrogens (tertiary/aromatic N) is 2. The molecule has 1 unspecified atom stereocenters. The van der Waals surface area contributed by atoms with Gasteiger partial charge in [0.1, 0.15) is 34.7 Å². The smallest absolute Gasteiger partial charge is 0.303 e. The molecule has 1 atom stereocenters. The minimum Gasteiger partial charge on any atom is -0.748 e. The maximum atomic E-state index is 12.1. The molecule has 21 heteroatoms. The van der Waals surface area contributed by atoms with Gasteiger partial charge in [-0.05, 0) is 73.7 Å². The Balaban J connectivity index is 1.90. The van der Waals surface area contributed by atoms with Gasteiger partial charge in [0.25, 0.3) is 0 Å². The highest BCUT2D eigenvalue weighted by Crippen LogP contribution is 2.51. The first kappa shape index (κ1) is 47.7. The first-order valence-corrected chi connectivity index (χ1v) is 24.7. The van der Waals surface area contributed by atoms with Crippen LogP contribution in [-0.4, -0.2) is 99.9 Å². The molecule has 1 aromatic carbocycles. The molecule has 17 nitrogen and oxygen atoms in total. The summed E-state index contributed by atoms with van der Waals surface area (Å²) in [4.78, 5) is 12.7. The molecule has 0 fully saturated rings. The Kier molecular flexibility index (Phi) is 14.8. The van der Waals surface area contributed by atoms with Crippen LogP contribution in [0.1, 0.15) is 83.1 Å². The molecule has 0 aromatic heterocycles. The van der Waals surface area contributed by atoms with Crippen LogP contribution in [0, 0.1) is 0 Å². The standard InChI is InChI=1S/C38H50N2O15S4/c1-37(2,3)35-24-27(30-15-13-28(25-33(30)55-35)39(18-8-22-57(46,47)48)19-9-23-58(49,50)51)10-5-11-34-38(4,17-7-21-56(43,44)45)31-26-29(59(52,53)54)14-16-32(31)40(34)20-6-12-36(41)42/h5,10-11,13-16,24-26H,6-9,12,17-23H2,1-4H3,(H4-,41,42,43,44,45,46,47,48,49,50,51,52,53,54)/p-3. The predicted molar refractivity (Wildman–Crippen MR) is 214 cm³/mol. The fourth-order valence-electron chi connectivity index (χ4n) is 7.06. The van der Waals surface area contributed by atoms with Gasteiger partial charge in [-0.15, -0.1) is 0 Å². The van der Waals surface area contributed by atoms with E-state index in [0.29, 0.717) is 45.0 Å². The number of allylic oxidation sites excluding steroid dienone is 3. The van der Waals surface area contributed by atoms with Crippen molar-refractivity contribution in [2.75, 3.05) is 41.8 Å². The minimum atomic E-state index is -4.91. The molecule has 326 valence electrons. The van der Waals surface area contributed by atoms with Crippen LogP contribution in [0.5, 0.6) is 0 Å². The zero-order chi connectivity index (χ0) is 44.2. The fourth-order valence-corrected chi connectivity index (χ4v) is 9.02. The Morgan fingerprint density at radius 1 is 0.831 bits per heavy atom. The molecule has 0 radical (unpaired) electrons. The number of hydrogen-bond acceptors (Lipinski definition) is 15. The monoisotopic (exact) mass is 899 g/mol. The van der Waals surface area contributed by atoms with Gasteiger partial charge in [-0.2, -0.15) is 0 Å². The summed E-state index contributed by atoms with van der Waals surface area (Å²) in [6, 6.07) is 10.7. The number of carboxylic acids is 1. The SMILES string of the molecule is CC(C)(C)c1cc(C=CC=C2N(CCCC(=O)O)c3ccc(S(=O)(=O)[O-])cc3C2(C)CCCS(=O)(=O)[O-])c2ccc(=[N+](CCCS(=O)(=O)[O-])CCCS(=O)(=O)[O-])cc-2o1. The van der Waals surface area contributed by atoms with E-state index in [1.54, 1.807) is 52.8 Å². The van der Waals surface area contributed by atoms with Crippen molar-refractivity contribution in [3.05, 3.63) is 82.6 Å². The van der Waals surface area contributed by atoms with Gasteiger partial charge in [-0.3, -0.25) is 4.79 Å². The number of rotatable bonds is 19. The molecule has 1 aromatic rings. The van der Waals surface area contributed by atoms with E-state index in [9.17, 15) is 61.8 Å². The third-order valence-electron chi connectivity index (χ3n) is 9.90. The molecule has 0 amide bonds. The van der Waals surface area contributed by atoms with Gasteiger partial charge in [-0.1, -0.05) is 32.9 Å². The van der Waals surface area contributed by atoms with Crippen LogP contribution in [0.3, 0.4) is 0 Å². The van der Waals surface area contributed by atoms with E-state index in [1.807, 2.05) is 26.8 Å². The Morgan fingerprint density at radius 2 is 1.42 bits per heavy atom. The Bertz CT molecular complexity index is 2570. The summed E-state index contributed by atoms with van der Waals surface area (Å²) in [6.07, 6.45) is 4.96. The van der Waals surface area contributed by atoms with Crippen LogP contribution in [0.2, 0.25) is 0 Å². The molecular formula is C38H47N2O15S4-3. The molecular weight excluding hydrogens is 853 g/mol. The number of benzene rings is 2. The van der Waals surface area contributed by atoms with E-state index in [4.69, 9.17) is 4.42 Å². The predicted octanol–water partition coefficient (Wildman–Crippen LogP) is 3.09. The van der Waals surface area contributed by atoms with Gasteiger partial charge in [0.2, 0.25) is 5.36 Å². The number of aliphatic carboxylic acids is 1. The van der Waals surface area contributed by atoms with Gasteiger partial charge in [0.15, 0.2) is 0 Å². The molecule has 0 saturated carbocycles. The summed E-state index contributed by atoms with van der Waals surface area (Å²) in [6.45, 7) is 7.75. The molecule has 0 spiro atoms. The van der Waals surface area contributed by atoms with Gasteiger partial charge in [0.05, 0.1) is 41.3 Å². The Labute approximate surface area is 345 Å². The van der Waals surface area contributed by atoms with Gasteiger partial charge in [0, 0.05) is 76.9 Å². The fraction of sp³-hybridized carbons (Fsp3) is 0.474. The topological polar surface area (TPSA) is 285 Å². The maximum absolute atomic E-state index is 12.1. The van der Waals surface area contributed by atoms with Crippen molar-refractivity contribution in [1.82, 2.24) is 4.58 Å². The molecule has 2 heterocycles. The van der Waals surface area contributed by atoms with Crippen LogP contribution in [-0.2, 0) is 56.1 Å². The number of carboxylic acid groups (broad SMARTS) is 1. The zero-order valence-electron chi connectivity index (χ0n) is 32.9. The number of anilines is 1. The summed E-state index contributed by atoms with van der Waals surface area (Å²) < 4.78 is 147. The lowest BCUT2D eigenvalue weighted by atomic mass is 9.77. The third kappa shape index (κ3) is 13.5. The largest absolute Gasteiger partial charge is 0.748 e. The van der Waals surface area contributed by atoms with Gasteiger partial charge in [-0.25, -0.2) is 38.2 Å². The first-order chi connectivity index (χ1) is 27.1. The lowest BCUT2D eigenvalue weighted by Gasteiger charge is -2.30. The third-order valence-corrected chi connectivity index (χ3v) is 13.1. The van der Waals surface area contributed by atoms with Crippen molar-refractivity contribution in [2.45, 2.75) is 81.9 Å². The summed E-state index contributed by atoms with van der Waals surface area (Å²) in [7, 11) is -18.6. The van der Waals surface area contributed by atoms with Crippen molar-refractivity contribution >= 4 is 58.2 Å². The van der Waals surface area contributed by atoms with E-state index < -0.39 is 79.4 Å². The highest BCUT2D eigenvalue weighted by molar-refractivity contribution is 7.86. The summed E-state index contributed by atoms with van der Waals surface area (Å²) in [5, 5.41) is 9.88. The van der Waals surface area contributed by atoms with Crippen LogP contribution in [0.15, 0.2) is 69.6 Å². The van der Waals surface area contributed by atoms with Crippen molar-refractivity contribution in [3.63, 3.8) is 0 Å². The minimum absolute atomic E-state index is 0.0427. The molecule has 0 bridgehead atoms. The van der Waals surface area contributed by atoms with Crippen LogP contribution in [0.25, 0.3) is 17.4 Å². The molecule has 1 N–H and O–H groups in total. The lowest BCUT2D eigenvalue weighted by Crippen LogP contribution is -2.33. The number of carbonyl (C=O) groups is 1. The summed E-state index contributed by atoms with van der Waals surface area (Å²) >= 11 is 0. The van der Waals surface area contributed by atoms with Crippen LogP contribution >= 0.6 is 0 Å². The van der Waals surface area contributed by atoms with Crippen LogP contribution in [0.4, 0.5) is 5.69 Å². The highest BCUT2D eigenvalue weighted by atomic mass is 32.2. The van der Waals surface area contributed by atoms with Gasteiger partial charge >= 0.3 is 5.97 Å². The average molecular weight is 900 g/mol. The quantitative estimate of drug-likeness (QED) is 0.134. The Morgan fingerprint density at radius 3 is 1.97 bits per heavy atom. The molecule has 4 rings (SSSR count). The van der Waals surface area contributed by atoms with E-state index in [-0.39, 0.29) is 58.2 Å². The normalized spacial score (nSPS) is 17.3.